The van der Waals surface area contributed by atoms with E-state index in [1.54, 1.807) is 24.3 Å². The largest absolute Gasteiger partial charge is 0.433 e. The maximum Gasteiger partial charge on any atom is 0.433 e. The van der Waals surface area contributed by atoms with Gasteiger partial charge in [0.2, 0.25) is 0 Å². The maximum atomic E-state index is 12.6. The summed E-state index contributed by atoms with van der Waals surface area (Å²) in [5, 5.41) is 19.8. The van der Waals surface area contributed by atoms with Gasteiger partial charge in [-0.05, 0) is 18.2 Å². The fourth-order valence-corrected chi connectivity index (χ4v) is 3.35. The molecule has 0 radical (unpaired) electrons. The van der Waals surface area contributed by atoms with E-state index >= 15 is 0 Å². The van der Waals surface area contributed by atoms with Gasteiger partial charge in [0.15, 0.2) is 4.32 Å². The van der Waals surface area contributed by atoms with Crippen molar-refractivity contribution in [1.82, 2.24) is 0 Å². The summed E-state index contributed by atoms with van der Waals surface area (Å²) in [4.78, 5) is 24.1. The van der Waals surface area contributed by atoms with E-state index in [-0.39, 0.29) is 15.0 Å². The van der Waals surface area contributed by atoms with E-state index in [1.165, 1.54) is 23.1 Å². The van der Waals surface area contributed by atoms with Gasteiger partial charge in [0, 0.05) is 6.08 Å². The third-order valence-corrected chi connectivity index (χ3v) is 4.43. The van der Waals surface area contributed by atoms with E-state index in [0.29, 0.717) is 11.3 Å². The second-order valence-corrected chi connectivity index (χ2v) is 6.25. The monoisotopic (exact) mass is 357 g/mol. The molecule has 118 valence electrons. The fourth-order valence-electron chi connectivity index (χ4n) is 2.09. The zero-order chi connectivity index (χ0) is 17.3. The SMILES string of the molecule is N#Cc1ccccc1N1C(=O)/C(=C/c2ccc([N+](=O)[O-])o2)SC1=S. The number of carbonyl (C=O) groups excluding carboxylic acids is 1. The van der Waals surface area contributed by atoms with Crippen LogP contribution in [0.25, 0.3) is 6.08 Å². The number of nitriles is 1. The van der Waals surface area contributed by atoms with Crippen molar-refractivity contribution in [3.8, 4) is 6.07 Å². The van der Waals surface area contributed by atoms with Crippen LogP contribution < -0.4 is 4.90 Å². The molecule has 0 atom stereocenters. The van der Waals surface area contributed by atoms with E-state index in [0.717, 1.165) is 11.8 Å². The van der Waals surface area contributed by atoms with Crippen molar-refractivity contribution in [2.24, 2.45) is 0 Å². The van der Waals surface area contributed by atoms with Gasteiger partial charge in [0.25, 0.3) is 5.91 Å². The van der Waals surface area contributed by atoms with Crippen LogP contribution in [0, 0.1) is 21.4 Å². The summed E-state index contributed by atoms with van der Waals surface area (Å²) in [6.45, 7) is 0. The summed E-state index contributed by atoms with van der Waals surface area (Å²) >= 11 is 6.26. The van der Waals surface area contributed by atoms with Gasteiger partial charge in [0.05, 0.1) is 22.2 Å². The van der Waals surface area contributed by atoms with Gasteiger partial charge in [-0.3, -0.25) is 19.8 Å². The first-order chi connectivity index (χ1) is 11.5. The molecule has 1 aliphatic heterocycles. The molecule has 1 aliphatic rings. The van der Waals surface area contributed by atoms with Crippen LogP contribution in [0.4, 0.5) is 11.6 Å². The molecule has 1 amide bonds. The molecule has 1 saturated heterocycles. The Morgan fingerprint density at radius 3 is 2.75 bits per heavy atom. The molecule has 0 unspecified atom stereocenters. The minimum atomic E-state index is -0.661. The number of carbonyl (C=O) groups is 1. The molecule has 7 nitrogen and oxygen atoms in total. The number of furan rings is 1. The molecule has 0 saturated carbocycles. The van der Waals surface area contributed by atoms with Crippen molar-refractivity contribution in [3.63, 3.8) is 0 Å². The number of nitro groups is 1. The number of hydrogen-bond acceptors (Lipinski definition) is 7. The smallest absolute Gasteiger partial charge is 0.401 e. The minimum absolute atomic E-state index is 0.177. The average molecular weight is 357 g/mol. The summed E-state index contributed by atoms with van der Waals surface area (Å²) in [7, 11) is 0. The minimum Gasteiger partial charge on any atom is -0.401 e. The summed E-state index contributed by atoms with van der Waals surface area (Å²) in [5.41, 5.74) is 0.722. The van der Waals surface area contributed by atoms with E-state index in [2.05, 4.69) is 0 Å². The van der Waals surface area contributed by atoms with Crippen LogP contribution in [-0.4, -0.2) is 15.2 Å². The molecule has 1 fully saturated rings. The van der Waals surface area contributed by atoms with Crippen LogP contribution in [0.5, 0.6) is 0 Å². The summed E-state index contributed by atoms with van der Waals surface area (Å²) < 4.78 is 5.29. The first-order valence-electron chi connectivity index (χ1n) is 6.52. The van der Waals surface area contributed by atoms with Gasteiger partial charge in [-0.1, -0.05) is 36.1 Å². The van der Waals surface area contributed by atoms with Crippen molar-refractivity contribution >= 4 is 51.9 Å². The fraction of sp³-hybridized carbons (Fsp3) is 0. The van der Waals surface area contributed by atoms with Gasteiger partial charge in [-0.15, -0.1) is 0 Å². The van der Waals surface area contributed by atoms with Gasteiger partial charge in [-0.25, -0.2) is 0 Å². The molecule has 0 N–H and O–H groups in total. The number of benzene rings is 1. The molecular weight excluding hydrogens is 350 g/mol. The Morgan fingerprint density at radius 2 is 2.08 bits per heavy atom. The highest BCUT2D eigenvalue weighted by atomic mass is 32.2. The Hall–Kier alpha value is -2.96. The normalized spacial score (nSPS) is 15.8. The molecule has 0 spiro atoms. The summed E-state index contributed by atoms with van der Waals surface area (Å²) in [6, 6.07) is 11.2. The van der Waals surface area contributed by atoms with Gasteiger partial charge < -0.3 is 4.42 Å². The highest BCUT2D eigenvalue weighted by Crippen LogP contribution is 2.37. The number of hydrogen-bond donors (Lipinski definition) is 0. The standard InChI is InChI=1S/C15H7N3O4S2/c16-8-9-3-1-2-4-11(9)17-14(19)12(24-15(17)23)7-10-5-6-13(22-10)18(20)21/h1-7H/b12-7-. The molecule has 2 heterocycles. The Balaban J connectivity index is 1.95. The Labute approximate surface area is 145 Å². The lowest BCUT2D eigenvalue weighted by Gasteiger charge is -2.15. The number of rotatable bonds is 3. The average Bonchev–Trinajstić information content (AvgIpc) is 3.13. The molecule has 1 aromatic carbocycles. The molecule has 2 aromatic rings. The van der Waals surface area contributed by atoms with E-state index in [1.807, 2.05) is 6.07 Å². The van der Waals surface area contributed by atoms with Crippen LogP contribution >= 0.6 is 24.0 Å². The predicted octanol–water partition coefficient (Wildman–Crippen LogP) is 3.47. The highest BCUT2D eigenvalue weighted by Gasteiger charge is 2.34. The molecule has 0 bridgehead atoms. The van der Waals surface area contributed by atoms with Crippen LogP contribution in [-0.2, 0) is 4.79 Å². The molecular formula is C15H7N3O4S2. The van der Waals surface area contributed by atoms with Gasteiger partial charge in [-0.2, -0.15) is 5.26 Å². The number of anilines is 1. The lowest BCUT2D eigenvalue weighted by molar-refractivity contribution is -0.402. The van der Waals surface area contributed by atoms with Gasteiger partial charge in [0.1, 0.15) is 16.8 Å². The topological polar surface area (TPSA) is 100 Å². The zero-order valence-electron chi connectivity index (χ0n) is 11.8. The van der Waals surface area contributed by atoms with E-state index < -0.39 is 16.7 Å². The second kappa shape index (κ2) is 6.27. The number of thioether (sulfide) groups is 1. The van der Waals surface area contributed by atoms with Crippen molar-refractivity contribution < 1.29 is 14.1 Å². The van der Waals surface area contributed by atoms with Crippen LogP contribution in [0.1, 0.15) is 11.3 Å². The summed E-state index contributed by atoms with van der Waals surface area (Å²) in [5.74, 6) is -0.644. The molecule has 1 aromatic heterocycles. The zero-order valence-corrected chi connectivity index (χ0v) is 13.5. The Bertz CT molecular complexity index is 942. The predicted molar refractivity (Wildman–Crippen MR) is 92.2 cm³/mol. The lowest BCUT2D eigenvalue weighted by Crippen LogP contribution is -2.28. The van der Waals surface area contributed by atoms with Gasteiger partial charge >= 0.3 is 5.88 Å². The lowest BCUT2D eigenvalue weighted by atomic mass is 10.2. The van der Waals surface area contributed by atoms with Crippen LogP contribution in [0.15, 0.2) is 45.7 Å². The van der Waals surface area contributed by atoms with Crippen molar-refractivity contribution in [3.05, 3.63) is 62.7 Å². The molecule has 24 heavy (non-hydrogen) atoms. The quantitative estimate of drug-likeness (QED) is 0.359. The highest BCUT2D eigenvalue weighted by molar-refractivity contribution is 8.27. The van der Waals surface area contributed by atoms with Crippen LogP contribution in [0.3, 0.4) is 0 Å². The number of thiocarbonyl (C=S) groups is 1. The van der Waals surface area contributed by atoms with E-state index in [4.69, 9.17) is 16.6 Å². The number of amides is 1. The molecule has 3 rings (SSSR count). The third-order valence-electron chi connectivity index (χ3n) is 3.13. The number of para-hydroxylation sites is 1. The number of nitrogens with zero attached hydrogens (tertiary/aromatic N) is 3. The van der Waals surface area contributed by atoms with Crippen molar-refractivity contribution in [2.45, 2.75) is 0 Å². The molecule has 0 aliphatic carbocycles. The third kappa shape index (κ3) is 2.80. The van der Waals surface area contributed by atoms with Crippen molar-refractivity contribution in [1.29, 1.82) is 5.26 Å². The molecule has 9 heteroatoms. The first-order valence-corrected chi connectivity index (χ1v) is 7.75. The maximum absolute atomic E-state index is 12.6. The van der Waals surface area contributed by atoms with E-state index in [9.17, 15) is 20.2 Å². The first kappa shape index (κ1) is 15.9. The summed E-state index contributed by atoms with van der Waals surface area (Å²) in [6.07, 6.45) is 1.39. The van der Waals surface area contributed by atoms with Crippen LogP contribution in [0.2, 0.25) is 0 Å². The second-order valence-electron chi connectivity index (χ2n) is 4.58. The Morgan fingerprint density at radius 1 is 1.33 bits per heavy atom. The Kier molecular flexibility index (Phi) is 4.16. The van der Waals surface area contributed by atoms with Crippen molar-refractivity contribution in [2.75, 3.05) is 4.90 Å².